The summed E-state index contributed by atoms with van der Waals surface area (Å²) in [6, 6.07) is -0.422. The summed E-state index contributed by atoms with van der Waals surface area (Å²) in [4.78, 5) is 35.3. The number of urea groups is 1. The van der Waals surface area contributed by atoms with Crippen molar-refractivity contribution in [3.63, 3.8) is 0 Å². The lowest BCUT2D eigenvalue weighted by Crippen LogP contribution is -2.56. The lowest BCUT2D eigenvalue weighted by molar-refractivity contribution is -0.148. The fourth-order valence-electron chi connectivity index (χ4n) is 2.41. The van der Waals surface area contributed by atoms with E-state index < -0.39 is 23.4 Å². The van der Waals surface area contributed by atoms with Crippen molar-refractivity contribution in [2.24, 2.45) is 5.73 Å². The minimum Gasteiger partial charge on any atom is -0.479 e. The fraction of sp³-hybridized carbons (Fsp3) is 0.750. The minimum atomic E-state index is -1.11. The number of carbonyl (C=O) groups excluding carboxylic acids is 2. The molecule has 0 spiro atoms. The Morgan fingerprint density at radius 2 is 2.15 bits per heavy atom. The van der Waals surface area contributed by atoms with Gasteiger partial charge in [-0.25, -0.2) is 9.59 Å². The predicted molar refractivity (Wildman–Crippen MR) is 70.0 cm³/mol. The van der Waals surface area contributed by atoms with Gasteiger partial charge in [-0.05, 0) is 19.3 Å². The van der Waals surface area contributed by atoms with Crippen molar-refractivity contribution in [3.05, 3.63) is 0 Å². The average molecular weight is 287 g/mol. The third-order valence-electron chi connectivity index (χ3n) is 3.48. The standard InChI is InChI=1S/C12H21N3O5/c1-2-12(10(17)18)4-3-6-15(12)11(19)14-5-7-20-8-9(13)16/h2-8H2,1H3,(H2,13,16)(H,14,19)(H,17,18). The Balaban J connectivity index is 2.46. The van der Waals surface area contributed by atoms with Crippen molar-refractivity contribution in [1.29, 1.82) is 0 Å². The van der Waals surface area contributed by atoms with Crippen molar-refractivity contribution >= 4 is 17.9 Å². The molecular formula is C12H21N3O5. The molecule has 20 heavy (non-hydrogen) atoms. The molecular weight excluding hydrogens is 266 g/mol. The monoisotopic (exact) mass is 287 g/mol. The van der Waals surface area contributed by atoms with Gasteiger partial charge < -0.3 is 25.8 Å². The Kier molecular flexibility index (Phi) is 5.75. The van der Waals surface area contributed by atoms with Gasteiger partial charge in [0.05, 0.1) is 6.61 Å². The summed E-state index contributed by atoms with van der Waals surface area (Å²) < 4.78 is 4.91. The molecule has 1 fully saturated rings. The van der Waals surface area contributed by atoms with Crippen LogP contribution in [-0.2, 0) is 14.3 Å². The maximum Gasteiger partial charge on any atom is 0.329 e. The summed E-state index contributed by atoms with van der Waals surface area (Å²) in [6.45, 7) is 2.33. The van der Waals surface area contributed by atoms with E-state index in [0.717, 1.165) is 0 Å². The molecule has 0 aromatic rings. The van der Waals surface area contributed by atoms with Crippen LogP contribution >= 0.6 is 0 Å². The van der Waals surface area contributed by atoms with Crippen LogP contribution in [0.2, 0.25) is 0 Å². The Bertz CT molecular complexity index is 387. The number of hydrogen-bond donors (Lipinski definition) is 3. The van der Waals surface area contributed by atoms with Gasteiger partial charge in [-0.1, -0.05) is 6.92 Å². The van der Waals surface area contributed by atoms with E-state index in [4.69, 9.17) is 10.5 Å². The molecule has 1 heterocycles. The molecule has 0 aromatic carbocycles. The highest BCUT2D eigenvalue weighted by atomic mass is 16.5. The fourth-order valence-corrected chi connectivity index (χ4v) is 2.41. The zero-order valence-corrected chi connectivity index (χ0v) is 11.6. The summed E-state index contributed by atoms with van der Waals surface area (Å²) in [5, 5.41) is 11.9. The smallest absolute Gasteiger partial charge is 0.329 e. The molecule has 8 heteroatoms. The Morgan fingerprint density at radius 1 is 1.45 bits per heavy atom. The first-order valence-corrected chi connectivity index (χ1v) is 6.59. The van der Waals surface area contributed by atoms with Gasteiger partial charge in [-0.2, -0.15) is 0 Å². The first kappa shape index (κ1) is 16.2. The Labute approximate surface area is 117 Å². The number of carboxylic acid groups (broad SMARTS) is 1. The molecule has 8 nitrogen and oxygen atoms in total. The molecule has 3 amide bonds. The number of hydrogen-bond acceptors (Lipinski definition) is 4. The minimum absolute atomic E-state index is 0.148. The first-order valence-electron chi connectivity index (χ1n) is 6.59. The molecule has 0 aliphatic carbocycles. The van der Waals surface area contributed by atoms with Crippen molar-refractivity contribution in [1.82, 2.24) is 10.2 Å². The number of nitrogens with one attached hydrogen (secondary N) is 1. The molecule has 1 saturated heterocycles. The van der Waals surface area contributed by atoms with Crippen LogP contribution in [-0.4, -0.2) is 59.8 Å². The quantitative estimate of drug-likeness (QED) is 0.546. The topological polar surface area (TPSA) is 122 Å². The van der Waals surface area contributed by atoms with Gasteiger partial charge >= 0.3 is 12.0 Å². The predicted octanol–water partition coefficient (Wildman–Crippen LogP) is -0.473. The molecule has 114 valence electrons. The zero-order valence-electron chi connectivity index (χ0n) is 11.6. The average Bonchev–Trinajstić information content (AvgIpc) is 2.82. The van der Waals surface area contributed by atoms with E-state index in [0.29, 0.717) is 25.8 Å². The van der Waals surface area contributed by atoms with E-state index >= 15 is 0 Å². The Morgan fingerprint density at radius 3 is 2.70 bits per heavy atom. The van der Waals surface area contributed by atoms with Gasteiger partial charge in [0.1, 0.15) is 12.1 Å². The van der Waals surface area contributed by atoms with E-state index in [9.17, 15) is 19.5 Å². The molecule has 0 saturated carbocycles. The molecule has 1 unspecified atom stereocenters. The van der Waals surface area contributed by atoms with Gasteiger partial charge in [0.15, 0.2) is 0 Å². The van der Waals surface area contributed by atoms with Crippen LogP contribution in [0.1, 0.15) is 26.2 Å². The van der Waals surface area contributed by atoms with Crippen molar-refractivity contribution in [2.75, 3.05) is 26.3 Å². The van der Waals surface area contributed by atoms with Crippen LogP contribution in [0.15, 0.2) is 0 Å². The van der Waals surface area contributed by atoms with Crippen molar-refractivity contribution in [3.8, 4) is 0 Å². The van der Waals surface area contributed by atoms with E-state index in [1.54, 1.807) is 6.92 Å². The van der Waals surface area contributed by atoms with Crippen LogP contribution in [0.4, 0.5) is 4.79 Å². The summed E-state index contributed by atoms with van der Waals surface area (Å²) in [7, 11) is 0. The van der Waals surface area contributed by atoms with Gasteiger partial charge in [-0.15, -0.1) is 0 Å². The molecule has 1 rings (SSSR count). The number of likely N-dealkylation sites (tertiary alicyclic amines) is 1. The number of aliphatic carboxylic acids is 1. The van der Waals surface area contributed by atoms with Crippen LogP contribution < -0.4 is 11.1 Å². The number of amides is 3. The van der Waals surface area contributed by atoms with E-state index in [1.165, 1.54) is 4.90 Å². The Hall–Kier alpha value is -1.83. The summed E-state index contributed by atoms with van der Waals surface area (Å²) in [5.41, 5.74) is 3.78. The van der Waals surface area contributed by atoms with E-state index in [2.05, 4.69) is 5.32 Å². The highest BCUT2D eigenvalue weighted by Gasteiger charge is 2.48. The van der Waals surface area contributed by atoms with Gasteiger partial charge in [0, 0.05) is 13.1 Å². The molecule has 4 N–H and O–H groups in total. The number of carbonyl (C=O) groups is 3. The number of nitrogens with two attached hydrogens (primary N) is 1. The second-order valence-electron chi connectivity index (χ2n) is 4.70. The number of rotatable bonds is 7. The third-order valence-corrected chi connectivity index (χ3v) is 3.48. The summed E-state index contributed by atoms with van der Waals surface area (Å²) in [5.74, 6) is -1.55. The molecule has 0 radical (unpaired) electrons. The molecule has 1 aliphatic heterocycles. The number of primary amides is 1. The number of carboxylic acids is 1. The van der Waals surface area contributed by atoms with Crippen LogP contribution in [0.25, 0.3) is 0 Å². The lowest BCUT2D eigenvalue weighted by Gasteiger charge is -2.33. The number of nitrogens with zero attached hydrogens (tertiary/aromatic N) is 1. The van der Waals surface area contributed by atoms with Crippen LogP contribution in [0.5, 0.6) is 0 Å². The normalized spacial score (nSPS) is 21.8. The molecule has 1 aliphatic rings. The SMILES string of the molecule is CCC1(C(=O)O)CCCN1C(=O)NCCOCC(N)=O. The van der Waals surface area contributed by atoms with Crippen LogP contribution in [0, 0.1) is 0 Å². The maximum absolute atomic E-state index is 12.0. The largest absolute Gasteiger partial charge is 0.479 e. The van der Waals surface area contributed by atoms with Crippen molar-refractivity contribution in [2.45, 2.75) is 31.7 Å². The van der Waals surface area contributed by atoms with Gasteiger partial charge in [-0.3, -0.25) is 4.79 Å². The van der Waals surface area contributed by atoms with Crippen molar-refractivity contribution < 1.29 is 24.2 Å². The zero-order chi connectivity index (χ0) is 15.2. The maximum atomic E-state index is 12.0. The molecule has 1 atom stereocenters. The van der Waals surface area contributed by atoms with E-state index in [-0.39, 0.29) is 19.8 Å². The second kappa shape index (κ2) is 7.09. The third kappa shape index (κ3) is 3.60. The van der Waals surface area contributed by atoms with E-state index in [1.807, 2.05) is 0 Å². The molecule has 0 bridgehead atoms. The summed E-state index contributed by atoms with van der Waals surface area (Å²) >= 11 is 0. The second-order valence-corrected chi connectivity index (χ2v) is 4.70. The highest BCUT2D eigenvalue weighted by molar-refractivity contribution is 5.87. The summed E-state index contributed by atoms with van der Waals surface area (Å²) in [6.07, 6.45) is 1.50. The lowest BCUT2D eigenvalue weighted by atomic mass is 9.93. The number of ether oxygens (including phenoxy) is 1. The van der Waals surface area contributed by atoms with Gasteiger partial charge in [0.2, 0.25) is 5.91 Å². The highest BCUT2D eigenvalue weighted by Crippen LogP contribution is 2.32. The van der Waals surface area contributed by atoms with Gasteiger partial charge in [0.25, 0.3) is 0 Å². The van der Waals surface area contributed by atoms with Crippen LogP contribution in [0.3, 0.4) is 0 Å². The molecule has 0 aromatic heterocycles. The first-order chi connectivity index (χ1) is 9.44.